The molecule has 1 fully saturated rings. The Morgan fingerprint density at radius 3 is 2.57 bits per heavy atom. The summed E-state index contributed by atoms with van der Waals surface area (Å²) in [6, 6.07) is 11.8. The first kappa shape index (κ1) is 21.0. The molecule has 30 heavy (non-hydrogen) atoms. The van der Waals surface area contributed by atoms with Crippen LogP contribution in [0, 0.1) is 0 Å². The van der Waals surface area contributed by atoms with Crippen LogP contribution >= 0.6 is 11.3 Å². The number of hydrogen-bond donors (Lipinski definition) is 1. The average Bonchev–Trinajstić information content (AvgIpc) is 3.23. The number of amides is 1. The molecule has 1 aliphatic rings. The van der Waals surface area contributed by atoms with Crippen LogP contribution in [0.1, 0.15) is 49.4 Å². The predicted octanol–water partition coefficient (Wildman–Crippen LogP) is 4.89. The van der Waals surface area contributed by atoms with Gasteiger partial charge in [0.05, 0.1) is 20.6 Å². The summed E-state index contributed by atoms with van der Waals surface area (Å²) in [5.74, 6) is -0.276. The van der Waals surface area contributed by atoms with Crippen molar-refractivity contribution in [1.82, 2.24) is 9.29 Å². The molecule has 1 aromatic heterocycles. The van der Waals surface area contributed by atoms with E-state index >= 15 is 0 Å². The lowest BCUT2D eigenvalue weighted by Gasteiger charge is -2.32. The molecule has 1 amide bonds. The Hall–Kier alpha value is -2.29. The lowest BCUT2D eigenvalue weighted by atomic mass is 9.95. The number of anilines is 1. The Bertz CT molecular complexity index is 1130. The van der Waals surface area contributed by atoms with Crippen molar-refractivity contribution in [2.24, 2.45) is 0 Å². The average molecular weight is 444 g/mol. The summed E-state index contributed by atoms with van der Waals surface area (Å²) in [4.78, 5) is 17.1. The van der Waals surface area contributed by atoms with Crippen LogP contribution in [-0.4, -0.2) is 36.2 Å². The molecule has 6 nitrogen and oxygen atoms in total. The van der Waals surface area contributed by atoms with E-state index in [0.29, 0.717) is 17.8 Å². The number of nitrogens with zero attached hydrogens (tertiary/aromatic N) is 2. The second-order valence-corrected chi connectivity index (χ2v) is 10.3. The van der Waals surface area contributed by atoms with Gasteiger partial charge in [-0.15, -0.1) is 11.3 Å². The molecule has 0 bridgehead atoms. The SMILES string of the molecule is CCN(C1CCCCC1)S(=O)(=O)c1ccc(C(=O)Nc2ccc3ncsc3c2)cc1. The minimum atomic E-state index is -3.57. The van der Waals surface area contributed by atoms with Crippen LogP contribution in [-0.2, 0) is 10.0 Å². The Balaban J connectivity index is 1.50. The second-order valence-electron chi connectivity index (χ2n) is 7.51. The van der Waals surface area contributed by atoms with Crippen LogP contribution in [0.25, 0.3) is 10.2 Å². The molecule has 1 aliphatic carbocycles. The molecule has 0 aliphatic heterocycles. The fourth-order valence-electron chi connectivity index (χ4n) is 4.04. The maximum atomic E-state index is 13.2. The molecule has 8 heteroatoms. The number of sulfonamides is 1. The highest BCUT2D eigenvalue weighted by molar-refractivity contribution is 7.89. The standard InChI is InChI=1S/C22H25N3O3S2/c1-2-25(18-6-4-3-5-7-18)30(27,28)19-11-8-16(9-12-19)22(26)24-17-10-13-20-21(14-17)29-15-23-20/h8-15,18H,2-7H2,1H3,(H,24,26). The summed E-state index contributed by atoms with van der Waals surface area (Å²) < 4.78 is 28.9. The summed E-state index contributed by atoms with van der Waals surface area (Å²) >= 11 is 1.51. The van der Waals surface area contributed by atoms with Crippen molar-refractivity contribution in [3.05, 3.63) is 53.5 Å². The van der Waals surface area contributed by atoms with Gasteiger partial charge in [0.25, 0.3) is 5.91 Å². The molecule has 0 unspecified atom stereocenters. The first-order valence-corrected chi connectivity index (χ1v) is 12.6. The van der Waals surface area contributed by atoms with Crippen molar-refractivity contribution in [1.29, 1.82) is 0 Å². The molecule has 0 radical (unpaired) electrons. The fourth-order valence-corrected chi connectivity index (χ4v) is 6.45. The van der Waals surface area contributed by atoms with Gasteiger partial charge in [-0.05, 0) is 55.3 Å². The van der Waals surface area contributed by atoms with Crippen LogP contribution in [0.2, 0.25) is 0 Å². The maximum absolute atomic E-state index is 13.2. The molecule has 3 aromatic rings. The van der Waals surface area contributed by atoms with E-state index in [-0.39, 0.29) is 16.8 Å². The van der Waals surface area contributed by atoms with Gasteiger partial charge in [0.1, 0.15) is 0 Å². The van der Waals surface area contributed by atoms with Crippen LogP contribution in [0.3, 0.4) is 0 Å². The topological polar surface area (TPSA) is 79.4 Å². The van der Waals surface area contributed by atoms with Crippen molar-refractivity contribution in [2.45, 2.75) is 50.0 Å². The molecule has 1 saturated carbocycles. The van der Waals surface area contributed by atoms with Gasteiger partial charge in [-0.3, -0.25) is 4.79 Å². The normalized spacial score (nSPS) is 15.5. The molecule has 0 saturated heterocycles. The number of fused-ring (bicyclic) bond motifs is 1. The van der Waals surface area contributed by atoms with Crippen LogP contribution in [0.15, 0.2) is 52.9 Å². The predicted molar refractivity (Wildman–Crippen MR) is 120 cm³/mol. The first-order valence-electron chi connectivity index (χ1n) is 10.3. The molecule has 2 aromatic carbocycles. The van der Waals surface area contributed by atoms with Gasteiger partial charge in [-0.25, -0.2) is 13.4 Å². The third-order valence-corrected chi connectivity index (χ3v) is 8.44. The number of nitrogens with one attached hydrogen (secondary N) is 1. The highest BCUT2D eigenvalue weighted by Crippen LogP contribution is 2.28. The van der Waals surface area contributed by atoms with Crippen molar-refractivity contribution < 1.29 is 13.2 Å². The zero-order valence-electron chi connectivity index (χ0n) is 16.9. The molecular weight excluding hydrogens is 418 g/mol. The third kappa shape index (κ3) is 4.26. The van der Waals surface area contributed by atoms with Gasteiger partial charge in [-0.1, -0.05) is 26.2 Å². The highest BCUT2D eigenvalue weighted by atomic mass is 32.2. The summed E-state index contributed by atoms with van der Waals surface area (Å²) in [6.07, 6.45) is 5.15. The van der Waals surface area contributed by atoms with Gasteiger partial charge in [-0.2, -0.15) is 4.31 Å². The smallest absolute Gasteiger partial charge is 0.255 e. The molecule has 0 atom stereocenters. The summed E-state index contributed by atoms with van der Waals surface area (Å²) in [5.41, 5.74) is 3.76. The Morgan fingerprint density at radius 1 is 1.13 bits per heavy atom. The van der Waals surface area contributed by atoms with Crippen molar-refractivity contribution in [3.63, 3.8) is 0 Å². The second kappa shape index (κ2) is 8.83. The molecule has 4 rings (SSSR count). The summed E-state index contributed by atoms with van der Waals surface area (Å²) in [7, 11) is -3.57. The number of hydrogen-bond acceptors (Lipinski definition) is 5. The lowest BCUT2D eigenvalue weighted by molar-refractivity contribution is 0.102. The van der Waals surface area contributed by atoms with E-state index in [1.54, 1.807) is 21.9 Å². The number of thiazole rings is 1. The van der Waals surface area contributed by atoms with Crippen LogP contribution < -0.4 is 5.32 Å². The number of carbonyl (C=O) groups excluding carboxylic acids is 1. The van der Waals surface area contributed by atoms with E-state index in [4.69, 9.17) is 0 Å². The van der Waals surface area contributed by atoms with Crippen LogP contribution in [0.4, 0.5) is 5.69 Å². The van der Waals surface area contributed by atoms with E-state index in [1.807, 2.05) is 25.1 Å². The number of aromatic nitrogens is 1. The summed E-state index contributed by atoms with van der Waals surface area (Å²) in [6.45, 7) is 2.34. The van der Waals surface area contributed by atoms with E-state index < -0.39 is 10.0 Å². The Kier molecular flexibility index (Phi) is 6.17. The number of rotatable bonds is 6. The first-order chi connectivity index (χ1) is 14.5. The zero-order chi connectivity index (χ0) is 21.1. The van der Waals surface area contributed by atoms with Crippen molar-refractivity contribution >= 4 is 43.2 Å². The lowest BCUT2D eigenvalue weighted by Crippen LogP contribution is -2.41. The Morgan fingerprint density at radius 2 is 1.87 bits per heavy atom. The van der Waals surface area contributed by atoms with Gasteiger partial charge < -0.3 is 5.32 Å². The molecule has 1 heterocycles. The minimum absolute atomic E-state index is 0.0679. The Labute approximate surface area is 181 Å². The largest absolute Gasteiger partial charge is 0.322 e. The zero-order valence-corrected chi connectivity index (χ0v) is 18.5. The summed E-state index contributed by atoms with van der Waals surface area (Å²) in [5, 5.41) is 2.86. The third-order valence-electron chi connectivity index (χ3n) is 5.61. The highest BCUT2D eigenvalue weighted by Gasteiger charge is 2.31. The van der Waals surface area contributed by atoms with Gasteiger partial charge >= 0.3 is 0 Å². The van der Waals surface area contributed by atoms with Crippen LogP contribution in [0.5, 0.6) is 0 Å². The number of benzene rings is 2. The van der Waals surface area contributed by atoms with Crippen molar-refractivity contribution in [2.75, 3.05) is 11.9 Å². The van der Waals surface area contributed by atoms with E-state index in [1.165, 1.54) is 29.9 Å². The molecular formula is C22H25N3O3S2. The van der Waals surface area contributed by atoms with E-state index in [0.717, 1.165) is 35.9 Å². The van der Waals surface area contributed by atoms with E-state index in [2.05, 4.69) is 10.3 Å². The van der Waals surface area contributed by atoms with Gasteiger partial charge in [0, 0.05) is 23.8 Å². The minimum Gasteiger partial charge on any atom is -0.322 e. The fraction of sp³-hybridized carbons (Fsp3) is 0.364. The van der Waals surface area contributed by atoms with Gasteiger partial charge in [0.2, 0.25) is 10.0 Å². The molecule has 158 valence electrons. The molecule has 0 spiro atoms. The molecule has 1 N–H and O–H groups in total. The number of carbonyl (C=O) groups is 1. The maximum Gasteiger partial charge on any atom is 0.255 e. The quantitative estimate of drug-likeness (QED) is 0.588. The van der Waals surface area contributed by atoms with Crippen molar-refractivity contribution in [3.8, 4) is 0 Å². The van der Waals surface area contributed by atoms with E-state index in [9.17, 15) is 13.2 Å². The monoisotopic (exact) mass is 443 g/mol. The van der Waals surface area contributed by atoms with Gasteiger partial charge in [0.15, 0.2) is 0 Å².